The first-order valence-electron chi connectivity index (χ1n) is 5.42. The lowest BCUT2D eigenvalue weighted by Gasteiger charge is -2.21. The third-order valence-corrected chi connectivity index (χ3v) is 2.86. The number of amides is 1. The maximum absolute atomic E-state index is 11.8. The Labute approximate surface area is 118 Å². The second kappa shape index (κ2) is 6.03. The summed E-state index contributed by atoms with van der Waals surface area (Å²) in [7, 11) is 0. The molecule has 1 amide bonds. The maximum atomic E-state index is 11.8. The molecule has 1 atom stereocenters. The molecule has 4 N–H and O–H groups in total. The standard InChI is InChI=1S/C12H14BrNO5/c1-12(19,5-10(16)17)6-14-11(18)8-4-7(13)2-3-9(8)15/h2-4,15,19H,5-6H2,1H3,(H,14,18)(H,16,17). The van der Waals surface area contributed by atoms with Crippen LogP contribution >= 0.6 is 15.9 Å². The van der Waals surface area contributed by atoms with Crippen LogP contribution in [0.2, 0.25) is 0 Å². The number of aliphatic hydroxyl groups is 1. The Bertz CT molecular complexity index is 501. The molecule has 6 nitrogen and oxygen atoms in total. The first-order valence-corrected chi connectivity index (χ1v) is 6.21. The van der Waals surface area contributed by atoms with E-state index in [9.17, 15) is 19.8 Å². The molecule has 0 aliphatic carbocycles. The SMILES string of the molecule is CC(O)(CNC(=O)c1cc(Br)ccc1O)CC(=O)O. The van der Waals surface area contributed by atoms with Crippen LogP contribution in [0.15, 0.2) is 22.7 Å². The average Bonchev–Trinajstić information content (AvgIpc) is 2.27. The smallest absolute Gasteiger partial charge is 0.306 e. The van der Waals surface area contributed by atoms with Crippen LogP contribution in [0.25, 0.3) is 0 Å². The van der Waals surface area contributed by atoms with Crippen LogP contribution in [0.4, 0.5) is 0 Å². The van der Waals surface area contributed by atoms with Crippen molar-refractivity contribution in [1.82, 2.24) is 5.32 Å². The number of phenolic OH excluding ortho intramolecular Hbond substituents is 1. The van der Waals surface area contributed by atoms with Gasteiger partial charge in [-0.15, -0.1) is 0 Å². The van der Waals surface area contributed by atoms with Gasteiger partial charge in [0.15, 0.2) is 0 Å². The number of nitrogens with one attached hydrogen (secondary N) is 1. The number of phenols is 1. The molecule has 7 heteroatoms. The van der Waals surface area contributed by atoms with Gasteiger partial charge in [0.2, 0.25) is 0 Å². The number of benzene rings is 1. The number of carbonyl (C=O) groups excluding carboxylic acids is 1. The number of carboxylic acids is 1. The van der Waals surface area contributed by atoms with Crippen LogP contribution in [-0.4, -0.2) is 39.3 Å². The number of rotatable bonds is 5. The Morgan fingerprint density at radius 3 is 2.63 bits per heavy atom. The minimum atomic E-state index is -1.55. The molecule has 1 aromatic carbocycles. The molecule has 1 unspecified atom stereocenters. The van der Waals surface area contributed by atoms with E-state index in [0.29, 0.717) is 4.47 Å². The summed E-state index contributed by atoms with van der Waals surface area (Å²) in [5.41, 5.74) is -1.51. The Morgan fingerprint density at radius 1 is 1.42 bits per heavy atom. The number of carbonyl (C=O) groups is 2. The van der Waals surface area contributed by atoms with Gasteiger partial charge in [-0.25, -0.2) is 0 Å². The topological polar surface area (TPSA) is 107 Å². The lowest BCUT2D eigenvalue weighted by atomic mass is 10.0. The average molecular weight is 332 g/mol. The first-order chi connectivity index (χ1) is 8.71. The minimum Gasteiger partial charge on any atom is -0.507 e. The summed E-state index contributed by atoms with van der Waals surface area (Å²) in [6, 6.07) is 4.36. The van der Waals surface area contributed by atoms with E-state index in [4.69, 9.17) is 5.11 Å². The molecule has 0 heterocycles. The van der Waals surface area contributed by atoms with Crippen molar-refractivity contribution in [2.24, 2.45) is 0 Å². The minimum absolute atomic E-state index is 0.0421. The van der Waals surface area contributed by atoms with E-state index in [1.165, 1.54) is 19.1 Å². The maximum Gasteiger partial charge on any atom is 0.306 e. The Kier molecular flexibility index (Phi) is 4.90. The number of halogens is 1. The van der Waals surface area contributed by atoms with Gasteiger partial charge in [-0.3, -0.25) is 9.59 Å². The highest BCUT2D eigenvalue weighted by atomic mass is 79.9. The molecular weight excluding hydrogens is 318 g/mol. The highest BCUT2D eigenvalue weighted by Crippen LogP contribution is 2.21. The predicted molar refractivity (Wildman–Crippen MR) is 71.0 cm³/mol. The quantitative estimate of drug-likeness (QED) is 0.646. The first kappa shape index (κ1) is 15.5. The summed E-state index contributed by atoms with van der Waals surface area (Å²) in [6.45, 7) is 1.08. The highest BCUT2D eigenvalue weighted by Gasteiger charge is 2.25. The van der Waals surface area contributed by atoms with Crippen LogP contribution in [0, 0.1) is 0 Å². The highest BCUT2D eigenvalue weighted by molar-refractivity contribution is 9.10. The number of hydrogen-bond donors (Lipinski definition) is 4. The van der Waals surface area contributed by atoms with E-state index in [1.54, 1.807) is 6.07 Å². The number of aliphatic carboxylic acids is 1. The van der Waals surface area contributed by atoms with E-state index >= 15 is 0 Å². The van der Waals surface area contributed by atoms with Gasteiger partial charge in [-0.2, -0.15) is 0 Å². The van der Waals surface area contributed by atoms with Crippen LogP contribution in [0.5, 0.6) is 5.75 Å². The zero-order valence-electron chi connectivity index (χ0n) is 10.2. The van der Waals surface area contributed by atoms with Crippen molar-refractivity contribution < 1.29 is 24.9 Å². The van der Waals surface area contributed by atoms with Gasteiger partial charge in [0.1, 0.15) is 5.75 Å². The molecule has 19 heavy (non-hydrogen) atoms. The van der Waals surface area contributed by atoms with E-state index in [0.717, 1.165) is 0 Å². The predicted octanol–water partition coefficient (Wildman–Crippen LogP) is 1.11. The second-order valence-corrected chi connectivity index (χ2v) is 5.33. The van der Waals surface area contributed by atoms with Gasteiger partial charge in [0.25, 0.3) is 5.91 Å². The van der Waals surface area contributed by atoms with Gasteiger partial charge in [0.05, 0.1) is 17.6 Å². The molecule has 104 valence electrons. The second-order valence-electron chi connectivity index (χ2n) is 4.41. The Morgan fingerprint density at radius 2 is 2.05 bits per heavy atom. The fourth-order valence-electron chi connectivity index (χ4n) is 1.44. The zero-order valence-corrected chi connectivity index (χ0v) is 11.8. The molecule has 0 aliphatic heterocycles. The summed E-state index contributed by atoms with van der Waals surface area (Å²) >= 11 is 3.17. The van der Waals surface area contributed by atoms with Crippen molar-refractivity contribution in [3.8, 4) is 5.75 Å². The molecule has 1 rings (SSSR count). The molecule has 0 bridgehead atoms. The van der Waals surface area contributed by atoms with Crippen molar-refractivity contribution in [1.29, 1.82) is 0 Å². The lowest BCUT2D eigenvalue weighted by Crippen LogP contribution is -2.42. The van der Waals surface area contributed by atoms with Gasteiger partial charge in [-0.05, 0) is 25.1 Å². The normalized spacial score (nSPS) is 13.6. The molecule has 0 aromatic heterocycles. The summed E-state index contributed by atoms with van der Waals surface area (Å²) in [5, 5.41) is 30.3. The molecule has 0 fully saturated rings. The van der Waals surface area contributed by atoms with Gasteiger partial charge in [0, 0.05) is 11.0 Å². The molecule has 0 radical (unpaired) electrons. The number of hydrogen-bond acceptors (Lipinski definition) is 4. The molecule has 0 spiro atoms. The lowest BCUT2D eigenvalue weighted by molar-refractivity contribution is -0.141. The van der Waals surface area contributed by atoms with Crippen molar-refractivity contribution >= 4 is 27.8 Å². The largest absolute Gasteiger partial charge is 0.507 e. The summed E-state index contributed by atoms with van der Waals surface area (Å²) in [4.78, 5) is 22.3. The molecule has 0 saturated heterocycles. The van der Waals surface area contributed by atoms with Crippen LogP contribution in [0.1, 0.15) is 23.7 Å². The van der Waals surface area contributed by atoms with Crippen LogP contribution < -0.4 is 5.32 Å². The Hall–Kier alpha value is -1.60. The van der Waals surface area contributed by atoms with E-state index in [-0.39, 0.29) is 17.9 Å². The fraction of sp³-hybridized carbons (Fsp3) is 0.333. The van der Waals surface area contributed by atoms with Crippen molar-refractivity contribution in [2.75, 3.05) is 6.54 Å². The number of aromatic hydroxyl groups is 1. The number of carboxylic acid groups (broad SMARTS) is 1. The molecule has 0 saturated carbocycles. The zero-order chi connectivity index (χ0) is 14.6. The monoisotopic (exact) mass is 331 g/mol. The van der Waals surface area contributed by atoms with Gasteiger partial charge >= 0.3 is 5.97 Å². The fourth-order valence-corrected chi connectivity index (χ4v) is 1.81. The van der Waals surface area contributed by atoms with Crippen molar-refractivity contribution in [2.45, 2.75) is 18.9 Å². The van der Waals surface area contributed by atoms with E-state index < -0.39 is 23.9 Å². The van der Waals surface area contributed by atoms with Gasteiger partial charge in [-0.1, -0.05) is 15.9 Å². The Balaban J connectivity index is 2.70. The van der Waals surface area contributed by atoms with E-state index in [1.807, 2.05) is 0 Å². The van der Waals surface area contributed by atoms with Crippen LogP contribution in [0.3, 0.4) is 0 Å². The molecule has 1 aromatic rings. The van der Waals surface area contributed by atoms with Crippen molar-refractivity contribution in [3.63, 3.8) is 0 Å². The van der Waals surface area contributed by atoms with E-state index in [2.05, 4.69) is 21.2 Å². The summed E-state index contributed by atoms with van der Waals surface area (Å²) in [6.07, 6.45) is -0.488. The third-order valence-electron chi connectivity index (χ3n) is 2.37. The molecular formula is C12H14BrNO5. The van der Waals surface area contributed by atoms with Crippen molar-refractivity contribution in [3.05, 3.63) is 28.2 Å². The van der Waals surface area contributed by atoms with Crippen LogP contribution in [-0.2, 0) is 4.79 Å². The third kappa shape index (κ3) is 4.88. The summed E-state index contributed by atoms with van der Waals surface area (Å²) in [5.74, 6) is -1.95. The van der Waals surface area contributed by atoms with Gasteiger partial charge < -0.3 is 20.6 Å². The summed E-state index contributed by atoms with van der Waals surface area (Å²) < 4.78 is 0.618. The molecule has 0 aliphatic rings.